The molecule has 1 saturated heterocycles. The molecule has 1 aliphatic heterocycles. The van der Waals surface area contributed by atoms with Crippen molar-refractivity contribution in [2.24, 2.45) is 0 Å². The number of halogens is 1. The molecule has 0 radical (unpaired) electrons. The van der Waals surface area contributed by atoms with E-state index < -0.39 is 11.6 Å². The minimum Gasteiger partial charge on any atom is -0.323 e. The largest absolute Gasteiger partial charge is 0.325 e. The number of hydrogen-bond acceptors (Lipinski definition) is 4. The van der Waals surface area contributed by atoms with Gasteiger partial charge in [0.2, 0.25) is 5.91 Å². The van der Waals surface area contributed by atoms with Crippen molar-refractivity contribution in [3.63, 3.8) is 0 Å². The zero-order valence-corrected chi connectivity index (χ0v) is 17.7. The zero-order valence-electron chi connectivity index (χ0n) is 16.1. The van der Waals surface area contributed by atoms with E-state index in [9.17, 15) is 14.4 Å². The normalized spacial score (nSPS) is 17.8. The molecule has 1 aromatic heterocycles. The Bertz CT molecular complexity index is 980. The molecule has 1 aromatic carbocycles. The Morgan fingerprint density at radius 2 is 2.03 bits per heavy atom. The minimum atomic E-state index is -0.746. The van der Waals surface area contributed by atoms with Crippen LogP contribution in [0.3, 0.4) is 0 Å². The highest BCUT2D eigenvalue weighted by Gasteiger charge is 2.52. The lowest BCUT2D eigenvalue weighted by molar-refractivity contribution is -0.131. The molecular weight excluding hydrogens is 438 g/mol. The second-order valence-corrected chi connectivity index (χ2v) is 8.45. The van der Waals surface area contributed by atoms with Gasteiger partial charge in [-0.2, -0.15) is 5.10 Å². The molecule has 2 aliphatic rings. The van der Waals surface area contributed by atoms with Crippen molar-refractivity contribution in [1.29, 1.82) is 0 Å². The summed E-state index contributed by atoms with van der Waals surface area (Å²) in [5.41, 5.74) is 0.821. The van der Waals surface area contributed by atoms with Crippen molar-refractivity contribution in [2.45, 2.75) is 44.6 Å². The van der Waals surface area contributed by atoms with E-state index in [0.29, 0.717) is 18.7 Å². The van der Waals surface area contributed by atoms with E-state index in [1.807, 2.05) is 31.2 Å². The Morgan fingerprint density at radius 1 is 1.28 bits per heavy atom. The molecule has 1 aliphatic carbocycles. The lowest BCUT2D eigenvalue weighted by Crippen LogP contribution is -2.44. The van der Waals surface area contributed by atoms with Crippen LogP contribution in [0.4, 0.5) is 10.6 Å². The highest BCUT2D eigenvalue weighted by atomic mass is 79.9. The number of nitrogens with zero attached hydrogens (tertiary/aromatic N) is 3. The average molecular weight is 460 g/mol. The molecule has 0 unspecified atom stereocenters. The van der Waals surface area contributed by atoms with Gasteiger partial charge < -0.3 is 10.6 Å². The Labute approximate surface area is 176 Å². The highest BCUT2D eigenvalue weighted by molar-refractivity contribution is 9.10. The van der Waals surface area contributed by atoms with Gasteiger partial charge >= 0.3 is 6.03 Å². The van der Waals surface area contributed by atoms with E-state index in [-0.39, 0.29) is 24.8 Å². The number of rotatable bonds is 5. The predicted molar refractivity (Wildman–Crippen MR) is 111 cm³/mol. The highest BCUT2D eigenvalue weighted by Crippen LogP contribution is 2.35. The first-order valence-electron chi connectivity index (χ1n) is 9.64. The first kappa shape index (κ1) is 19.6. The van der Waals surface area contributed by atoms with Crippen LogP contribution in [0.5, 0.6) is 0 Å². The minimum absolute atomic E-state index is 0.0257. The van der Waals surface area contributed by atoms with Gasteiger partial charge in [-0.05, 0) is 38.0 Å². The molecule has 152 valence electrons. The smallest absolute Gasteiger partial charge is 0.323 e. The van der Waals surface area contributed by atoms with Crippen molar-refractivity contribution < 1.29 is 14.4 Å². The third-order valence-electron chi connectivity index (χ3n) is 5.42. The van der Waals surface area contributed by atoms with Gasteiger partial charge in [0.25, 0.3) is 5.91 Å². The zero-order chi connectivity index (χ0) is 20.6. The number of nitrogens with one attached hydrogen (secondary N) is 2. The summed E-state index contributed by atoms with van der Waals surface area (Å²) in [5, 5.41) is 10.1. The third-order valence-corrected chi connectivity index (χ3v) is 5.91. The molecule has 4 amide bonds. The van der Waals surface area contributed by atoms with Crippen LogP contribution < -0.4 is 10.6 Å². The van der Waals surface area contributed by atoms with Gasteiger partial charge in [0.1, 0.15) is 11.4 Å². The summed E-state index contributed by atoms with van der Waals surface area (Å²) in [6.07, 6.45) is 3.23. The fourth-order valence-electron chi connectivity index (χ4n) is 4.01. The molecule has 2 fully saturated rings. The number of anilines is 1. The van der Waals surface area contributed by atoms with Crippen molar-refractivity contribution in [1.82, 2.24) is 20.0 Å². The van der Waals surface area contributed by atoms with Crippen molar-refractivity contribution in [2.75, 3.05) is 11.9 Å². The predicted octanol–water partition coefficient (Wildman–Crippen LogP) is 3.14. The number of aryl methyl sites for hydroxylation is 1. The van der Waals surface area contributed by atoms with Crippen molar-refractivity contribution >= 4 is 39.6 Å². The number of benzene rings is 1. The molecule has 0 atom stereocenters. The van der Waals surface area contributed by atoms with Crippen LogP contribution in [0.25, 0.3) is 5.69 Å². The Hall–Kier alpha value is -2.68. The average Bonchev–Trinajstić information content (AvgIpc) is 3.34. The molecule has 9 heteroatoms. The maximum absolute atomic E-state index is 12.7. The quantitative estimate of drug-likeness (QED) is 0.671. The third kappa shape index (κ3) is 3.78. The van der Waals surface area contributed by atoms with Crippen LogP contribution in [0.15, 0.2) is 34.8 Å². The Kier molecular flexibility index (Phi) is 5.16. The van der Waals surface area contributed by atoms with Crippen LogP contribution in [-0.2, 0) is 9.59 Å². The molecule has 0 bridgehead atoms. The van der Waals surface area contributed by atoms with Crippen LogP contribution in [0, 0.1) is 6.92 Å². The van der Waals surface area contributed by atoms with Crippen LogP contribution in [-0.4, -0.2) is 44.6 Å². The number of imide groups is 1. The van der Waals surface area contributed by atoms with E-state index in [0.717, 1.165) is 28.7 Å². The van der Waals surface area contributed by atoms with Crippen molar-refractivity contribution in [3.8, 4) is 5.69 Å². The second kappa shape index (κ2) is 7.62. The second-order valence-electron chi connectivity index (χ2n) is 7.54. The van der Waals surface area contributed by atoms with Crippen LogP contribution in [0.2, 0.25) is 0 Å². The summed E-state index contributed by atoms with van der Waals surface area (Å²) in [5.74, 6) is 0.0482. The summed E-state index contributed by atoms with van der Waals surface area (Å²) in [6, 6.07) is 8.96. The molecule has 2 aromatic rings. The van der Waals surface area contributed by atoms with Gasteiger partial charge in [0, 0.05) is 23.5 Å². The van der Waals surface area contributed by atoms with Gasteiger partial charge in [-0.25, -0.2) is 9.48 Å². The fraction of sp³-hybridized carbons (Fsp3) is 0.400. The SMILES string of the molecule is Cc1cc(NC(=O)CCN2C(=O)NC3(CCCC3)C2=O)n(-c2cccc(Br)c2)n1. The first-order chi connectivity index (χ1) is 13.9. The van der Waals surface area contributed by atoms with Gasteiger partial charge in [-0.1, -0.05) is 34.8 Å². The number of hydrogen-bond donors (Lipinski definition) is 2. The maximum atomic E-state index is 12.7. The molecule has 1 saturated carbocycles. The Morgan fingerprint density at radius 3 is 2.76 bits per heavy atom. The molecule has 4 rings (SSSR count). The lowest BCUT2D eigenvalue weighted by atomic mass is 9.98. The Balaban J connectivity index is 1.42. The molecule has 2 heterocycles. The molecule has 1 spiro atoms. The van der Waals surface area contributed by atoms with Crippen molar-refractivity contribution in [3.05, 3.63) is 40.5 Å². The molecule has 2 N–H and O–H groups in total. The number of carbonyl (C=O) groups excluding carboxylic acids is 3. The molecule has 8 nitrogen and oxygen atoms in total. The number of amides is 4. The van der Waals surface area contributed by atoms with Gasteiger partial charge in [-0.3, -0.25) is 14.5 Å². The monoisotopic (exact) mass is 459 g/mol. The summed E-state index contributed by atoms with van der Waals surface area (Å²) in [6.45, 7) is 1.90. The number of urea groups is 1. The van der Waals surface area contributed by atoms with E-state index in [2.05, 4.69) is 31.7 Å². The standard InChI is InChI=1S/C20H22BrN5O3/c1-13-11-16(26(24-13)15-6-4-5-14(21)12-15)22-17(27)7-10-25-18(28)20(23-19(25)29)8-2-3-9-20/h4-6,11-12H,2-3,7-10H2,1H3,(H,22,27)(H,23,29). The summed E-state index contributed by atoms with van der Waals surface area (Å²) in [4.78, 5) is 38.6. The van der Waals surface area contributed by atoms with Crippen LogP contribution >= 0.6 is 15.9 Å². The molecule has 29 heavy (non-hydrogen) atoms. The van der Waals surface area contributed by atoms with Gasteiger partial charge in [0.15, 0.2) is 0 Å². The summed E-state index contributed by atoms with van der Waals surface area (Å²) in [7, 11) is 0. The van der Waals surface area contributed by atoms with Crippen LogP contribution in [0.1, 0.15) is 37.8 Å². The van der Waals surface area contributed by atoms with E-state index in [4.69, 9.17) is 0 Å². The first-order valence-corrected chi connectivity index (χ1v) is 10.4. The topological polar surface area (TPSA) is 96.3 Å². The van der Waals surface area contributed by atoms with E-state index >= 15 is 0 Å². The lowest BCUT2D eigenvalue weighted by Gasteiger charge is -2.19. The van der Waals surface area contributed by atoms with Gasteiger partial charge in [-0.15, -0.1) is 0 Å². The maximum Gasteiger partial charge on any atom is 0.325 e. The number of aromatic nitrogens is 2. The van der Waals surface area contributed by atoms with E-state index in [1.165, 1.54) is 4.90 Å². The summed E-state index contributed by atoms with van der Waals surface area (Å²) < 4.78 is 2.55. The summed E-state index contributed by atoms with van der Waals surface area (Å²) >= 11 is 3.44. The van der Waals surface area contributed by atoms with E-state index in [1.54, 1.807) is 10.7 Å². The number of carbonyl (C=O) groups is 3. The molecular formula is C20H22BrN5O3. The van der Waals surface area contributed by atoms with Gasteiger partial charge in [0.05, 0.1) is 11.4 Å². The fourth-order valence-corrected chi connectivity index (χ4v) is 4.40.